The van der Waals surface area contributed by atoms with Crippen molar-refractivity contribution in [3.05, 3.63) is 23.5 Å². The Bertz CT molecular complexity index is 352. The Morgan fingerprint density at radius 3 is 2.93 bits per heavy atom. The molecule has 74 valence electrons. The fourth-order valence-corrected chi connectivity index (χ4v) is 1.55. The third kappa shape index (κ3) is 2.02. The number of nitrogen functional groups attached to an aromatic ring is 1. The Hall–Kier alpha value is -1.56. The van der Waals surface area contributed by atoms with Gasteiger partial charge in [-0.2, -0.15) is 5.26 Å². The van der Waals surface area contributed by atoms with E-state index in [9.17, 15) is 0 Å². The zero-order chi connectivity index (χ0) is 10.6. The summed E-state index contributed by atoms with van der Waals surface area (Å²) < 4.78 is 0. The lowest BCUT2D eigenvalue weighted by molar-refractivity contribution is 0.649. The maximum Gasteiger partial charge on any atom is 0.101 e. The van der Waals surface area contributed by atoms with Gasteiger partial charge in [0.05, 0.1) is 16.9 Å². The number of nitriles is 1. The molecule has 0 spiro atoms. The third-order valence-electron chi connectivity index (χ3n) is 2.33. The molecule has 3 heteroatoms. The van der Waals surface area contributed by atoms with Crippen molar-refractivity contribution in [2.75, 3.05) is 5.73 Å². The first-order valence-corrected chi connectivity index (χ1v) is 4.85. The van der Waals surface area contributed by atoms with Crippen LogP contribution in [-0.4, -0.2) is 4.98 Å². The summed E-state index contributed by atoms with van der Waals surface area (Å²) in [6, 6.07) is 3.72. The Morgan fingerprint density at radius 2 is 2.36 bits per heavy atom. The van der Waals surface area contributed by atoms with E-state index in [0.29, 0.717) is 17.2 Å². The Kier molecular flexibility index (Phi) is 3.47. The zero-order valence-electron chi connectivity index (χ0n) is 8.62. The number of anilines is 1. The van der Waals surface area contributed by atoms with Crippen molar-refractivity contribution in [3.8, 4) is 6.07 Å². The molecule has 0 fully saturated rings. The lowest BCUT2D eigenvalue weighted by Gasteiger charge is -2.12. The number of aromatic nitrogens is 1. The summed E-state index contributed by atoms with van der Waals surface area (Å²) in [6.07, 6.45) is 3.79. The largest absolute Gasteiger partial charge is 0.396 e. The van der Waals surface area contributed by atoms with Crippen LogP contribution < -0.4 is 5.73 Å². The normalized spacial score (nSPS) is 12.1. The molecule has 1 aromatic rings. The van der Waals surface area contributed by atoms with Gasteiger partial charge in [-0.15, -0.1) is 0 Å². The van der Waals surface area contributed by atoms with Crippen LogP contribution in [0, 0.1) is 11.3 Å². The molecule has 14 heavy (non-hydrogen) atoms. The fourth-order valence-electron chi connectivity index (χ4n) is 1.55. The number of nitrogens with two attached hydrogens (primary N) is 1. The number of pyridine rings is 1. The molecule has 0 bridgehead atoms. The van der Waals surface area contributed by atoms with Gasteiger partial charge in [-0.25, -0.2) is 0 Å². The molecular formula is C11H15N3. The van der Waals surface area contributed by atoms with E-state index in [-0.39, 0.29) is 0 Å². The predicted octanol–water partition coefficient (Wildman–Crippen LogP) is 2.44. The van der Waals surface area contributed by atoms with Crippen molar-refractivity contribution in [1.29, 1.82) is 5.26 Å². The maximum absolute atomic E-state index is 8.80. The van der Waals surface area contributed by atoms with Crippen molar-refractivity contribution >= 4 is 5.69 Å². The van der Waals surface area contributed by atoms with Gasteiger partial charge in [0.15, 0.2) is 0 Å². The molecule has 0 unspecified atom stereocenters. The highest BCUT2D eigenvalue weighted by Gasteiger charge is 2.12. The summed E-state index contributed by atoms with van der Waals surface area (Å²) in [5.41, 5.74) is 7.76. The summed E-state index contributed by atoms with van der Waals surface area (Å²) in [7, 11) is 0. The summed E-state index contributed by atoms with van der Waals surface area (Å²) in [5.74, 6) is 0.327. The standard InChI is InChI=1S/C11H15N3/c1-3-4-8(2)11-10(13)9(7-12)5-6-14-11/h5-6,8H,3-4,13H2,1-2H3/t8-/m1/s1. The SMILES string of the molecule is CCC[C@@H](C)c1nccc(C#N)c1N. The van der Waals surface area contributed by atoms with Crippen LogP contribution >= 0.6 is 0 Å². The fraction of sp³-hybridized carbons (Fsp3) is 0.455. The van der Waals surface area contributed by atoms with Gasteiger partial charge >= 0.3 is 0 Å². The average molecular weight is 189 g/mol. The van der Waals surface area contributed by atoms with Gasteiger partial charge < -0.3 is 5.73 Å². The zero-order valence-corrected chi connectivity index (χ0v) is 8.62. The van der Waals surface area contributed by atoms with Crippen LogP contribution in [-0.2, 0) is 0 Å². The molecule has 0 aliphatic heterocycles. The van der Waals surface area contributed by atoms with E-state index in [1.165, 1.54) is 0 Å². The lowest BCUT2D eigenvalue weighted by Crippen LogP contribution is -2.04. The number of hydrogen-bond acceptors (Lipinski definition) is 3. The Labute approximate surface area is 84.6 Å². The first-order chi connectivity index (χ1) is 6.70. The summed E-state index contributed by atoms with van der Waals surface area (Å²) in [6.45, 7) is 4.21. The molecule has 1 rings (SSSR count). The van der Waals surface area contributed by atoms with E-state index in [0.717, 1.165) is 18.5 Å². The van der Waals surface area contributed by atoms with E-state index >= 15 is 0 Å². The molecule has 0 aliphatic carbocycles. The molecule has 1 atom stereocenters. The van der Waals surface area contributed by atoms with Gasteiger partial charge in [0.1, 0.15) is 6.07 Å². The van der Waals surface area contributed by atoms with Gasteiger partial charge in [0, 0.05) is 12.1 Å². The summed E-state index contributed by atoms with van der Waals surface area (Å²) in [5, 5.41) is 8.80. The molecule has 0 aliphatic rings. The second-order valence-corrected chi connectivity index (χ2v) is 3.46. The number of nitrogens with zero attached hydrogens (tertiary/aromatic N) is 2. The predicted molar refractivity (Wildman–Crippen MR) is 56.7 cm³/mol. The van der Waals surface area contributed by atoms with Crippen LogP contribution in [0.25, 0.3) is 0 Å². The highest BCUT2D eigenvalue weighted by molar-refractivity contribution is 5.57. The molecule has 2 N–H and O–H groups in total. The minimum Gasteiger partial charge on any atom is -0.396 e. The lowest BCUT2D eigenvalue weighted by atomic mass is 9.99. The molecule has 3 nitrogen and oxygen atoms in total. The highest BCUT2D eigenvalue weighted by Crippen LogP contribution is 2.25. The average Bonchev–Trinajstić information content (AvgIpc) is 2.18. The second kappa shape index (κ2) is 4.61. The van der Waals surface area contributed by atoms with Gasteiger partial charge in [-0.05, 0) is 12.5 Å². The van der Waals surface area contributed by atoms with Crippen molar-refractivity contribution < 1.29 is 0 Å². The molecule has 0 aromatic carbocycles. The van der Waals surface area contributed by atoms with Crippen LogP contribution in [0.3, 0.4) is 0 Å². The first kappa shape index (κ1) is 10.5. The maximum atomic E-state index is 8.80. The van der Waals surface area contributed by atoms with Crippen molar-refractivity contribution in [1.82, 2.24) is 4.98 Å². The number of rotatable bonds is 3. The monoisotopic (exact) mass is 189 g/mol. The molecule has 1 heterocycles. The summed E-state index contributed by atoms with van der Waals surface area (Å²) in [4.78, 5) is 4.23. The first-order valence-electron chi connectivity index (χ1n) is 4.85. The molecule has 0 radical (unpaired) electrons. The molecular weight excluding hydrogens is 174 g/mol. The van der Waals surface area contributed by atoms with Crippen molar-refractivity contribution in [2.45, 2.75) is 32.6 Å². The van der Waals surface area contributed by atoms with E-state index in [1.54, 1.807) is 12.3 Å². The van der Waals surface area contributed by atoms with Crippen molar-refractivity contribution in [3.63, 3.8) is 0 Å². The van der Waals surface area contributed by atoms with Gasteiger partial charge in [-0.1, -0.05) is 20.3 Å². The number of hydrogen-bond donors (Lipinski definition) is 1. The van der Waals surface area contributed by atoms with E-state index in [2.05, 4.69) is 24.9 Å². The van der Waals surface area contributed by atoms with E-state index in [1.807, 2.05) is 0 Å². The Balaban J connectivity index is 3.04. The van der Waals surface area contributed by atoms with Crippen LogP contribution in [0.4, 0.5) is 5.69 Å². The smallest absolute Gasteiger partial charge is 0.101 e. The van der Waals surface area contributed by atoms with Crippen LogP contribution in [0.1, 0.15) is 43.9 Å². The topological polar surface area (TPSA) is 62.7 Å². The van der Waals surface area contributed by atoms with Crippen LogP contribution in [0.2, 0.25) is 0 Å². The molecule has 0 saturated carbocycles. The van der Waals surface area contributed by atoms with Gasteiger partial charge in [0.25, 0.3) is 0 Å². The molecule has 1 aromatic heterocycles. The van der Waals surface area contributed by atoms with Crippen LogP contribution in [0.5, 0.6) is 0 Å². The van der Waals surface area contributed by atoms with Crippen LogP contribution in [0.15, 0.2) is 12.3 Å². The minimum absolute atomic E-state index is 0.327. The third-order valence-corrected chi connectivity index (χ3v) is 2.33. The Morgan fingerprint density at radius 1 is 1.64 bits per heavy atom. The minimum atomic E-state index is 0.327. The van der Waals surface area contributed by atoms with Crippen molar-refractivity contribution in [2.24, 2.45) is 0 Å². The molecule has 0 amide bonds. The second-order valence-electron chi connectivity index (χ2n) is 3.46. The van der Waals surface area contributed by atoms with Gasteiger partial charge in [0.2, 0.25) is 0 Å². The van der Waals surface area contributed by atoms with E-state index in [4.69, 9.17) is 11.0 Å². The summed E-state index contributed by atoms with van der Waals surface area (Å²) >= 11 is 0. The van der Waals surface area contributed by atoms with Gasteiger partial charge in [-0.3, -0.25) is 4.98 Å². The molecule has 0 saturated heterocycles. The van der Waals surface area contributed by atoms with E-state index < -0.39 is 0 Å². The highest BCUT2D eigenvalue weighted by atomic mass is 14.7. The quantitative estimate of drug-likeness (QED) is 0.794.